The maximum Gasteiger partial charge on any atom is 0.309 e. The van der Waals surface area contributed by atoms with E-state index in [-0.39, 0.29) is 18.0 Å². The van der Waals surface area contributed by atoms with Crippen LogP contribution in [0.2, 0.25) is 0 Å². The van der Waals surface area contributed by atoms with Crippen LogP contribution >= 0.6 is 15.9 Å². The number of aromatic nitrogens is 4. The Kier molecular flexibility index (Phi) is 5.71. The number of nitrogens with zero attached hydrogens (tertiary/aromatic N) is 6. The second kappa shape index (κ2) is 7.56. The second-order valence-electron chi connectivity index (χ2n) is 5.35. The first kappa shape index (κ1) is 18.1. The summed E-state index contributed by atoms with van der Waals surface area (Å²) in [6.07, 6.45) is 3.14. The molecule has 2 heterocycles. The van der Waals surface area contributed by atoms with Crippen LogP contribution in [0.25, 0.3) is 0 Å². The number of rotatable bonds is 7. The molecule has 0 radical (unpaired) electrons. The molecule has 24 heavy (non-hydrogen) atoms. The van der Waals surface area contributed by atoms with Gasteiger partial charge in [0.15, 0.2) is 0 Å². The zero-order valence-corrected chi connectivity index (χ0v) is 15.4. The molecule has 0 unspecified atom stereocenters. The van der Waals surface area contributed by atoms with Crippen LogP contribution in [0.4, 0.5) is 5.69 Å². The fourth-order valence-electron chi connectivity index (χ4n) is 2.36. The summed E-state index contributed by atoms with van der Waals surface area (Å²) < 4.78 is 4.17. The third-order valence-electron chi connectivity index (χ3n) is 3.82. The van der Waals surface area contributed by atoms with Gasteiger partial charge in [-0.05, 0) is 29.8 Å². The van der Waals surface area contributed by atoms with E-state index in [0.717, 1.165) is 16.7 Å². The van der Waals surface area contributed by atoms with Gasteiger partial charge in [0, 0.05) is 20.0 Å². The van der Waals surface area contributed by atoms with Crippen LogP contribution in [0.1, 0.15) is 24.7 Å². The molecule has 10 heteroatoms. The Morgan fingerprint density at radius 1 is 1.38 bits per heavy atom. The average Bonchev–Trinajstić information content (AvgIpc) is 3.08. The molecule has 130 valence electrons. The van der Waals surface area contributed by atoms with Crippen LogP contribution in [0.15, 0.2) is 16.9 Å². The molecular formula is C14H19BrN6O3. The van der Waals surface area contributed by atoms with E-state index in [1.54, 1.807) is 25.1 Å². The molecule has 0 fully saturated rings. The molecule has 0 saturated carbocycles. The van der Waals surface area contributed by atoms with Gasteiger partial charge >= 0.3 is 5.69 Å². The summed E-state index contributed by atoms with van der Waals surface area (Å²) in [5.41, 5.74) is 1.34. The van der Waals surface area contributed by atoms with Gasteiger partial charge in [-0.2, -0.15) is 10.2 Å². The summed E-state index contributed by atoms with van der Waals surface area (Å²) in [5, 5.41) is 19.0. The smallest absolute Gasteiger partial charge is 0.309 e. The zero-order valence-electron chi connectivity index (χ0n) is 13.8. The largest absolute Gasteiger partial charge is 0.340 e. The number of hydrogen-bond donors (Lipinski definition) is 0. The van der Waals surface area contributed by atoms with E-state index in [0.29, 0.717) is 18.8 Å². The molecule has 0 saturated heterocycles. The number of carbonyl (C=O) groups excluding carboxylic acids is 1. The van der Waals surface area contributed by atoms with Crippen molar-refractivity contribution in [3.05, 3.63) is 38.4 Å². The summed E-state index contributed by atoms with van der Waals surface area (Å²) in [7, 11) is 1.72. The van der Waals surface area contributed by atoms with Gasteiger partial charge in [-0.15, -0.1) is 0 Å². The predicted octanol–water partition coefficient (Wildman–Crippen LogP) is 2.13. The lowest BCUT2D eigenvalue weighted by Gasteiger charge is -2.18. The SMILES string of the molecule is CCn1ncc(Br)c1CN(C)C(=O)CCn1ncc([N+](=O)[O-])c1C. The molecule has 0 aliphatic heterocycles. The maximum absolute atomic E-state index is 12.3. The summed E-state index contributed by atoms with van der Waals surface area (Å²) in [6, 6.07) is 0. The van der Waals surface area contributed by atoms with Crippen molar-refractivity contribution >= 4 is 27.5 Å². The molecule has 2 aromatic heterocycles. The molecule has 0 bridgehead atoms. The molecule has 9 nitrogen and oxygen atoms in total. The van der Waals surface area contributed by atoms with Gasteiger partial charge < -0.3 is 4.90 Å². The van der Waals surface area contributed by atoms with E-state index in [1.165, 1.54) is 10.9 Å². The third-order valence-corrected chi connectivity index (χ3v) is 4.48. The minimum atomic E-state index is -0.476. The lowest BCUT2D eigenvalue weighted by Crippen LogP contribution is -2.28. The van der Waals surface area contributed by atoms with Crippen LogP contribution < -0.4 is 0 Å². The Balaban J connectivity index is 1.97. The van der Waals surface area contributed by atoms with Crippen molar-refractivity contribution in [3.63, 3.8) is 0 Å². The molecular weight excluding hydrogens is 380 g/mol. The number of hydrogen-bond acceptors (Lipinski definition) is 5. The highest BCUT2D eigenvalue weighted by Crippen LogP contribution is 2.19. The Morgan fingerprint density at radius 2 is 2.04 bits per heavy atom. The Labute approximate surface area is 147 Å². The molecule has 2 rings (SSSR count). The molecule has 0 aliphatic rings. The molecule has 2 aromatic rings. The van der Waals surface area contributed by atoms with E-state index in [1.807, 2.05) is 11.6 Å². The number of aryl methyl sites for hydroxylation is 2. The van der Waals surface area contributed by atoms with E-state index < -0.39 is 4.92 Å². The first-order valence-electron chi connectivity index (χ1n) is 7.46. The minimum Gasteiger partial charge on any atom is -0.340 e. The quantitative estimate of drug-likeness (QED) is 0.525. The molecule has 0 N–H and O–H groups in total. The monoisotopic (exact) mass is 398 g/mol. The fourth-order valence-corrected chi connectivity index (χ4v) is 2.79. The van der Waals surface area contributed by atoms with Gasteiger partial charge in [0.2, 0.25) is 5.91 Å². The highest BCUT2D eigenvalue weighted by atomic mass is 79.9. The first-order chi connectivity index (χ1) is 11.3. The van der Waals surface area contributed by atoms with Gasteiger partial charge in [-0.1, -0.05) is 0 Å². The van der Waals surface area contributed by atoms with Gasteiger partial charge in [0.25, 0.3) is 0 Å². The van der Waals surface area contributed by atoms with Crippen LogP contribution in [0.5, 0.6) is 0 Å². The van der Waals surface area contributed by atoms with Crippen molar-refractivity contribution in [2.24, 2.45) is 0 Å². The number of carbonyl (C=O) groups is 1. The molecule has 0 aliphatic carbocycles. The summed E-state index contributed by atoms with van der Waals surface area (Å²) >= 11 is 3.44. The zero-order chi connectivity index (χ0) is 17.9. The lowest BCUT2D eigenvalue weighted by molar-refractivity contribution is -0.385. The van der Waals surface area contributed by atoms with Gasteiger partial charge in [-0.3, -0.25) is 24.3 Å². The molecule has 1 amide bonds. The average molecular weight is 399 g/mol. The van der Waals surface area contributed by atoms with E-state index in [2.05, 4.69) is 26.1 Å². The lowest BCUT2D eigenvalue weighted by atomic mass is 10.3. The van der Waals surface area contributed by atoms with Gasteiger partial charge in [0.1, 0.15) is 11.9 Å². The summed E-state index contributed by atoms with van der Waals surface area (Å²) in [6.45, 7) is 5.07. The van der Waals surface area contributed by atoms with Gasteiger partial charge in [0.05, 0.1) is 34.4 Å². The van der Waals surface area contributed by atoms with Crippen LogP contribution in [-0.2, 0) is 24.4 Å². The standard InChI is InChI=1S/C14H19BrN6O3/c1-4-19-13(11(15)7-16-19)9-18(3)14(22)5-6-20-10(2)12(8-17-20)21(23)24/h7-8H,4-6,9H2,1-3H3. The molecule has 0 atom stereocenters. The van der Waals surface area contributed by atoms with Crippen molar-refractivity contribution in [2.45, 2.75) is 39.9 Å². The topological polar surface area (TPSA) is 99.1 Å². The number of halogens is 1. The van der Waals surface area contributed by atoms with Crippen LogP contribution in [-0.4, -0.2) is 42.3 Å². The van der Waals surface area contributed by atoms with E-state index in [4.69, 9.17) is 0 Å². The molecule has 0 aromatic carbocycles. The normalized spacial score (nSPS) is 10.8. The van der Waals surface area contributed by atoms with E-state index >= 15 is 0 Å². The number of nitro groups is 1. The second-order valence-corrected chi connectivity index (χ2v) is 6.20. The highest BCUT2D eigenvalue weighted by Gasteiger charge is 2.18. The van der Waals surface area contributed by atoms with Crippen molar-refractivity contribution in [1.29, 1.82) is 0 Å². The van der Waals surface area contributed by atoms with Crippen molar-refractivity contribution in [1.82, 2.24) is 24.5 Å². The fraction of sp³-hybridized carbons (Fsp3) is 0.500. The van der Waals surface area contributed by atoms with Crippen molar-refractivity contribution < 1.29 is 9.72 Å². The summed E-state index contributed by atoms with van der Waals surface area (Å²) in [4.78, 5) is 24.3. The third kappa shape index (κ3) is 3.81. The van der Waals surface area contributed by atoms with E-state index in [9.17, 15) is 14.9 Å². The Hall–Kier alpha value is -2.23. The van der Waals surface area contributed by atoms with Crippen molar-refractivity contribution in [2.75, 3.05) is 7.05 Å². The molecule has 0 spiro atoms. The van der Waals surface area contributed by atoms with Gasteiger partial charge in [-0.25, -0.2) is 0 Å². The highest BCUT2D eigenvalue weighted by molar-refractivity contribution is 9.10. The first-order valence-corrected chi connectivity index (χ1v) is 8.25. The summed E-state index contributed by atoms with van der Waals surface area (Å²) in [5.74, 6) is -0.0664. The predicted molar refractivity (Wildman–Crippen MR) is 90.3 cm³/mol. The Morgan fingerprint density at radius 3 is 2.62 bits per heavy atom. The van der Waals surface area contributed by atoms with Crippen molar-refractivity contribution in [3.8, 4) is 0 Å². The Bertz CT molecular complexity index is 754. The van der Waals surface area contributed by atoms with Crippen LogP contribution in [0.3, 0.4) is 0 Å². The maximum atomic E-state index is 12.3. The van der Waals surface area contributed by atoms with Crippen LogP contribution in [0, 0.1) is 17.0 Å². The minimum absolute atomic E-state index is 0.0356. The number of amides is 1.